The molecule has 2 fully saturated rings. The van der Waals surface area contributed by atoms with Crippen LogP contribution in [-0.2, 0) is 23.1 Å². The molecular formula is C18H22FN4O12PS. The summed E-state index contributed by atoms with van der Waals surface area (Å²) < 4.78 is 50.5. The number of nitrogens with one attached hydrogen (secondary N) is 2. The van der Waals surface area contributed by atoms with Gasteiger partial charge in [-0.1, -0.05) is 12.2 Å². The fourth-order valence-corrected chi connectivity index (χ4v) is 5.38. The molecule has 4 rings (SSSR count). The first kappa shape index (κ1) is 27.6. The lowest BCUT2D eigenvalue weighted by Crippen LogP contribution is -2.37. The second kappa shape index (κ2) is 10.8. The Balaban J connectivity index is 1.43. The maximum Gasteiger partial charge on any atom is 0.386 e. The minimum atomic E-state index is -4.44. The van der Waals surface area contributed by atoms with Crippen molar-refractivity contribution in [3.63, 3.8) is 0 Å². The van der Waals surface area contributed by atoms with Crippen molar-refractivity contribution in [1.29, 1.82) is 0 Å². The normalized spacial score (nSPS) is 33.4. The van der Waals surface area contributed by atoms with Crippen LogP contribution >= 0.6 is 19.0 Å². The monoisotopic (exact) mass is 568 g/mol. The molecule has 2 aromatic heterocycles. The maximum atomic E-state index is 15.2. The smallest absolute Gasteiger partial charge is 0.386 e. The van der Waals surface area contributed by atoms with E-state index in [-0.39, 0.29) is 0 Å². The molecule has 2 aliphatic heterocycles. The van der Waals surface area contributed by atoms with Crippen LogP contribution in [0.5, 0.6) is 0 Å². The number of alkyl halides is 1. The molecule has 0 aromatic carbocycles. The van der Waals surface area contributed by atoms with Crippen molar-refractivity contribution in [3.8, 4) is 0 Å². The highest BCUT2D eigenvalue weighted by molar-refractivity contribution is 8.44. The van der Waals surface area contributed by atoms with Gasteiger partial charge in [0.2, 0.25) is 0 Å². The summed E-state index contributed by atoms with van der Waals surface area (Å²) >= 11 is 3.77. The Labute approximate surface area is 209 Å². The SMILES string of the molecule is O=c1ccn([C@@H]2O[C@H](CO[P@](=O)(S)OC3C(F)[C@H](n4ccc(=O)[nH]c4=O)O[C@@H]3CO)C(O)C2O)c(=O)[nH]1. The van der Waals surface area contributed by atoms with Crippen LogP contribution in [0, 0.1) is 0 Å². The average Bonchev–Trinajstić information content (AvgIpc) is 3.28. The minimum absolute atomic E-state index is 0.696. The average molecular weight is 568 g/mol. The van der Waals surface area contributed by atoms with Crippen LogP contribution in [-0.4, -0.2) is 84.3 Å². The number of halogens is 1. The van der Waals surface area contributed by atoms with Crippen LogP contribution in [0.2, 0.25) is 0 Å². The molecule has 204 valence electrons. The molecule has 2 aromatic rings. The number of aliphatic hydroxyl groups excluding tert-OH is 3. The molecule has 0 saturated carbocycles. The first-order valence-corrected chi connectivity index (χ1v) is 13.3. The summed E-state index contributed by atoms with van der Waals surface area (Å²) in [5, 5.41) is 30.1. The standard InChI is InChI=1S/C18H22FN4O12PS/c19-11-14(7(5-24)33-15(11)22-3-1-9(25)20-17(22)29)35-36(31,37)32-6-8-12(27)13(28)16(34-8)23-4-2-10(26)21-18(23)30/h1-4,7-8,11-16,24,27-28H,5-6H2,(H,31,37)(H,20,25,29)(H,21,26,30)/t7-,8-,11?,12?,13?,14?,15-,16-,36+/m1/s1. The van der Waals surface area contributed by atoms with Crippen LogP contribution in [0.25, 0.3) is 0 Å². The van der Waals surface area contributed by atoms with Crippen LogP contribution < -0.4 is 22.5 Å². The van der Waals surface area contributed by atoms with Gasteiger partial charge < -0.3 is 24.8 Å². The predicted molar refractivity (Wildman–Crippen MR) is 122 cm³/mol. The molecule has 0 aliphatic carbocycles. The van der Waals surface area contributed by atoms with E-state index in [1.54, 1.807) is 0 Å². The molecule has 0 bridgehead atoms. The Morgan fingerprint density at radius 2 is 1.51 bits per heavy atom. The van der Waals surface area contributed by atoms with Crippen LogP contribution in [0.3, 0.4) is 0 Å². The molecule has 2 aliphatic rings. The van der Waals surface area contributed by atoms with Gasteiger partial charge in [-0.2, -0.15) is 0 Å². The molecule has 16 nitrogen and oxygen atoms in total. The third kappa shape index (κ3) is 5.71. The number of H-pyrrole nitrogens is 2. The zero-order valence-corrected chi connectivity index (χ0v) is 20.3. The third-order valence-corrected chi connectivity index (χ3v) is 7.31. The van der Waals surface area contributed by atoms with Gasteiger partial charge in [-0.25, -0.2) is 18.5 Å². The minimum Gasteiger partial charge on any atom is -0.394 e. The summed E-state index contributed by atoms with van der Waals surface area (Å²) in [6.07, 6.45) is -11.0. The molecule has 37 heavy (non-hydrogen) atoms. The van der Waals surface area contributed by atoms with Crippen LogP contribution in [0.4, 0.5) is 4.39 Å². The number of aromatic amines is 2. The van der Waals surface area contributed by atoms with Gasteiger partial charge in [0.15, 0.2) is 18.6 Å². The van der Waals surface area contributed by atoms with Gasteiger partial charge in [-0.3, -0.25) is 37.7 Å². The van der Waals surface area contributed by atoms with Crippen molar-refractivity contribution in [2.45, 2.75) is 49.1 Å². The highest BCUT2D eigenvalue weighted by atomic mass is 32.7. The Bertz CT molecular complexity index is 1410. The number of hydrogen-bond acceptors (Lipinski definition) is 12. The Morgan fingerprint density at radius 3 is 2.05 bits per heavy atom. The molecule has 0 spiro atoms. The first-order chi connectivity index (χ1) is 17.4. The Hall–Kier alpha value is -2.41. The summed E-state index contributed by atoms with van der Waals surface area (Å²) in [6, 6.07) is 1.94. The third-order valence-electron chi connectivity index (χ3n) is 5.69. The van der Waals surface area contributed by atoms with Crippen LogP contribution in [0.15, 0.2) is 43.7 Å². The summed E-state index contributed by atoms with van der Waals surface area (Å²) in [7, 11) is 0. The highest BCUT2D eigenvalue weighted by Gasteiger charge is 2.50. The topological polar surface area (TPSA) is 224 Å². The van der Waals surface area contributed by atoms with Gasteiger partial charge in [-0.15, -0.1) is 0 Å². The predicted octanol–water partition coefficient (Wildman–Crippen LogP) is -2.63. The molecule has 4 unspecified atom stereocenters. The zero-order valence-electron chi connectivity index (χ0n) is 18.5. The van der Waals surface area contributed by atoms with Crippen molar-refractivity contribution < 1.29 is 42.8 Å². The molecule has 19 heteroatoms. The lowest BCUT2D eigenvalue weighted by Gasteiger charge is -2.23. The van der Waals surface area contributed by atoms with Crippen LogP contribution in [0.1, 0.15) is 12.5 Å². The summed E-state index contributed by atoms with van der Waals surface area (Å²) in [6.45, 7) is -5.95. The summed E-state index contributed by atoms with van der Waals surface area (Å²) in [5.74, 6) is 0. The fraction of sp³-hybridized carbons (Fsp3) is 0.556. The number of ether oxygens (including phenoxy) is 2. The fourth-order valence-electron chi connectivity index (χ4n) is 3.89. The largest absolute Gasteiger partial charge is 0.394 e. The molecule has 4 heterocycles. The number of rotatable bonds is 8. The van der Waals surface area contributed by atoms with E-state index in [0.717, 1.165) is 29.1 Å². The number of thiol groups is 1. The van der Waals surface area contributed by atoms with E-state index in [2.05, 4.69) is 12.2 Å². The van der Waals surface area contributed by atoms with Crippen molar-refractivity contribution in [1.82, 2.24) is 19.1 Å². The van der Waals surface area contributed by atoms with Crippen molar-refractivity contribution in [3.05, 3.63) is 66.2 Å². The Morgan fingerprint density at radius 1 is 0.973 bits per heavy atom. The van der Waals surface area contributed by atoms with E-state index in [1.165, 1.54) is 0 Å². The van der Waals surface area contributed by atoms with E-state index in [4.69, 9.17) is 18.5 Å². The number of hydrogen-bond donors (Lipinski definition) is 6. The van der Waals surface area contributed by atoms with Crippen molar-refractivity contribution >= 4 is 19.0 Å². The molecule has 9 atom stereocenters. The van der Waals surface area contributed by atoms with E-state index in [9.17, 15) is 39.1 Å². The first-order valence-electron chi connectivity index (χ1n) is 10.6. The van der Waals surface area contributed by atoms with Gasteiger partial charge >= 0.3 is 18.2 Å². The zero-order chi connectivity index (χ0) is 27.1. The van der Waals surface area contributed by atoms with Gasteiger partial charge in [0.25, 0.3) is 11.1 Å². The molecule has 0 amide bonds. The van der Waals surface area contributed by atoms with E-state index in [1.807, 2.05) is 9.97 Å². The lowest BCUT2D eigenvalue weighted by atomic mass is 10.1. The quantitative estimate of drug-likeness (QED) is 0.142. The van der Waals surface area contributed by atoms with E-state index < -0.39 is 91.7 Å². The van der Waals surface area contributed by atoms with Crippen molar-refractivity contribution in [2.75, 3.05) is 13.2 Å². The molecular weight excluding hydrogens is 546 g/mol. The Kier molecular flexibility index (Phi) is 8.03. The number of aliphatic hydroxyl groups is 3. The summed E-state index contributed by atoms with van der Waals surface area (Å²) in [5.41, 5.74) is -3.35. The molecule has 0 radical (unpaired) electrons. The number of aromatic nitrogens is 4. The van der Waals surface area contributed by atoms with Gasteiger partial charge in [-0.05, 0) is 0 Å². The maximum absolute atomic E-state index is 15.2. The van der Waals surface area contributed by atoms with Crippen molar-refractivity contribution in [2.24, 2.45) is 0 Å². The second-order valence-electron chi connectivity index (χ2n) is 8.11. The van der Waals surface area contributed by atoms with Gasteiger partial charge in [0.1, 0.15) is 30.5 Å². The van der Waals surface area contributed by atoms with Gasteiger partial charge in [0, 0.05) is 24.5 Å². The summed E-state index contributed by atoms with van der Waals surface area (Å²) in [4.78, 5) is 50.4. The van der Waals surface area contributed by atoms with E-state index in [0.29, 0.717) is 4.57 Å². The number of nitrogens with zero attached hydrogens (tertiary/aromatic N) is 2. The molecule has 2 saturated heterocycles. The lowest BCUT2D eigenvalue weighted by molar-refractivity contribution is -0.0563. The second-order valence-corrected chi connectivity index (χ2v) is 11.0. The highest BCUT2D eigenvalue weighted by Crippen LogP contribution is 2.56. The van der Waals surface area contributed by atoms with Gasteiger partial charge in [0.05, 0.1) is 13.2 Å². The molecule has 5 N–H and O–H groups in total. The van der Waals surface area contributed by atoms with E-state index >= 15 is 4.39 Å².